The van der Waals surface area contributed by atoms with E-state index in [2.05, 4.69) is 24.3 Å². The summed E-state index contributed by atoms with van der Waals surface area (Å²) in [5.74, 6) is 0.0388. The molecule has 0 atom stereocenters. The maximum absolute atomic E-state index is 11.6. The Hall–Kier alpha value is -2.41. The van der Waals surface area contributed by atoms with Crippen molar-refractivity contribution in [1.82, 2.24) is 0 Å². The van der Waals surface area contributed by atoms with Crippen LogP contribution in [0.3, 0.4) is 0 Å². The molecule has 0 aliphatic carbocycles. The predicted molar refractivity (Wildman–Crippen MR) is 83.6 cm³/mol. The summed E-state index contributed by atoms with van der Waals surface area (Å²) in [6, 6.07) is 20.2. The van der Waals surface area contributed by atoms with Crippen molar-refractivity contribution in [1.29, 1.82) is 0 Å². The minimum Gasteiger partial charge on any atom is -0.290 e. The normalized spacial score (nSPS) is 11.2. The molecule has 0 aliphatic heterocycles. The van der Waals surface area contributed by atoms with Gasteiger partial charge in [0.15, 0.2) is 5.78 Å². The van der Waals surface area contributed by atoms with Crippen LogP contribution in [0.1, 0.15) is 11.1 Å². The van der Waals surface area contributed by atoms with E-state index in [1.807, 2.05) is 48.6 Å². The van der Waals surface area contributed by atoms with Crippen molar-refractivity contribution in [3.8, 4) is 0 Å². The summed E-state index contributed by atoms with van der Waals surface area (Å²) in [6.45, 7) is 0. The Labute approximate surface area is 120 Å². The molecule has 0 aromatic heterocycles. The molecule has 0 saturated carbocycles. The monoisotopic (exact) mass is 262 g/mol. The molecule has 0 spiro atoms. The Kier molecular flexibility index (Phi) is 5.53. The number of hydrogen-bond donors (Lipinski definition) is 0. The second kappa shape index (κ2) is 7.90. The standard InChI is InChI=1S/C19H18O/c20-19(15-7-13-17-9-3-1-4-10-17)16-8-14-18-11-5-2-6-12-18/h1-12,15-16H,13-14H2. The van der Waals surface area contributed by atoms with Crippen LogP contribution in [-0.4, -0.2) is 5.78 Å². The highest BCUT2D eigenvalue weighted by Crippen LogP contribution is 2.01. The molecule has 0 N–H and O–H groups in total. The van der Waals surface area contributed by atoms with Crippen LogP contribution in [0.15, 0.2) is 85.0 Å². The summed E-state index contributed by atoms with van der Waals surface area (Å²) in [5, 5.41) is 0. The van der Waals surface area contributed by atoms with Crippen LogP contribution < -0.4 is 0 Å². The summed E-state index contributed by atoms with van der Waals surface area (Å²) in [4.78, 5) is 11.6. The molecule has 0 amide bonds. The van der Waals surface area contributed by atoms with Crippen molar-refractivity contribution in [2.45, 2.75) is 12.8 Å². The molecule has 0 saturated heterocycles. The first-order valence-electron chi connectivity index (χ1n) is 6.79. The van der Waals surface area contributed by atoms with Gasteiger partial charge in [-0.15, -0.1) is 0 Å². The molecule has 100 valence electrons. The van der Waals surface area contributed by atoms with Crippen LogP contribution in [0.25, 0.3) is 0 Å². The van der Waals surface area contributed by atoms with Crippen LogP contribution in [0.2, 0.25) is 0 Å². The topological polar surface area (TPSA) is 17.1 Å². The van der Waals surface area contributed by atoms with Crippen LogP contribution in [0.4, 0.5) is 0 Å². The molecule has 0 heterocycles. The molecule has 0 bridgehead atoms. The number of carbonyl (C=O) groups excluding carboxylic acids is 1. The van der Waals surface area contributed by atoms with Gasteiger partial charge in [-0.3, -0.25) is 4.79 Å². The van der Waals surface area contributed by atoms with E-state index in [9.17, 15) is 4.79 Å². The van der Waals surface area contributed by atoms with Crippen molar-refractivity contribution in [3.05, 3.63) is 96.1 Å². The molecular formula is C19H18O. The molecule has 0 unspecified atom stereocenters. The Bertz CT molecular complexity index is 526. The van der Waals surface area contributed by atoms with Gasteiger partial charge in [0.05, 0.1) is 0 Å². The van der Waals surface area contributed by atoms with Gasteiger partial charge < -0.3 is 0 Å². The maximum Gasteiger partial charge on any atom is 0.178 e. The summed E-state index contributed by atoms with van der Waals surface area (Å²) in [6.07, 6.45) is 8.66. The highest BCUT2D eigenvalue weighted by Gasteiger charge is 1.91. The fourth-order valence-electron chi connectivity index (χ4n) is 1.91. The fourth-order valence-corrected chi connectivity index (χ4v) is 1.91. The second-order valence-corrected chi connectivity index (χ2v) is 4.59. The molecule has 0 aliphatic rings. The molecule has 0 radical (unpaired) electrons. The SMILES string of the molecule is O=C(C=CCc1ccccc1)C=CCc1ccccc1. The van der Waals surface area contributed by atoms with Crippen LogP contribution in [0.5, 0.6) is 0 Å². The summed E-state index contributed by atoms with van der Waals surface area (Å²) in [5.41, 5.74) is 2.43. The lowest BCUT2D eigenvalue weighted by molar-refractivity contribution is -0.110. The van der Waals surface area contributed by atoms with E-state index in [0.717, 1.165) is 12.8 Å². The summed E-state index contributed by atoms with van der Waals surface area (Å²) >= 11 is 0. The molecule has 1 heteroatoms. The Morgan fingerprint density at radius 1 is 0.700 bits per heavy atom. The third-order valence-corrected chi connectivity index (χ3v) is 2.96. The second-order valence-electron chi connectivity index (χ2n) is 4.59. The zero-order valence-electron chi connectivity index (χ0n) is 11.4. The van der Waals surface area contributed by atoms with E-state index in [4.69, 9.17) is 0 Å². The maximum atomic E-state index is 11.6. The third kappa shape index (κ3) is 5.07. The van der Waals surface area contributed by atoms with Crippen LogP contribution in [0, 0.1) is 0 Å². The van der Waals surface area contributed by atoms with E-state index in [1.165, 1.54) is 11.1 Å². The first-order chi connectivity index (χ1) is 9.84. The minimum absolute atomic E-state index is 0.0388. The first-order valence-corrected chi connectivity index (χ1v) is 6.79. The third-order valence-electron chi connectivity index (χ3n) is 2.96. The highest BCUT2D eigenvalue weighted by atomic mass is 16.1. The number of ketones is 1. The predicted octanol–water partition coefficient (Wildman–Crippen LogP) is 4.15. The smallest absolute Gasteiger partial charge is 0.178 e. The van der Waals surface area contributed by atoms with Gasteiger partial charge in [0.2, 0.25) is 0 Å². The fraction of sp³-hybridized carbons (Fsp3) is 0.105. The van der Waals surface area contributed by atoms with Crippen LogP contribution in [-0.2, 0) is 17.6 Å². The number of allylic oxidation sites excluding steroid dienone is 4. The van der Waals surface area contributed by atoms with E-state index in [0.29, 0.717) is 0 Å². The Morgan fingerprint density at radius 3 is 1.50 bits per heavy atom. The largest absolute Gasteiger partial charge is 0.290 e. The number of benzene rings is 2. The molecule has 1 nitrogen and oxygen atoms in total. The van der Waals surface area contributed by atoms with Crippen molar-refractivity contribution in [2.24, 2.45) is 0 Å². The van der Waals surface area contributed by atoms with E-state index < -0.39 is 0 Å². The molecule has 0 fully saturated rings. The quantitative estimate of drug-likeness (QED) is 0.715. The van der Waals surface area contributed by atoms with Crippen molar-refractivity contribution in [2.75, 3.05) is 0 Å². The molecule has 2 rings (SSSR count). The lowest BCUT2D eigenvalue weighted by atomic mass is 10.1. The first kappa shape index (κ1) is 14.0. The Morgan fingerprint density at radius 2 is 1.10 bits per heavy atom. The van der Waals surface area contributed by atoms with Crippen LogP contribution >= 0.6 is 0 Å². The average Bonchev–Trinajstić information content (AvgIpc) is 2.49. The average molecular weight is 262 g/mol. The van der Waals surface area contributed by atoms with Gasteiger partial charge in [-0.05, 0) is 36.1 Å². The van der Waals surface area contributed by atoms with Gasteiger partial charge in [-0.2, -0.15) is 0 Å². The molecular weight excluding hydrogens is 244 g/mol. The number of rotatable bonds is 6. The van der Waals surface area contributed by atoms with Gasteiger partial charge in [-0.25, -0.2) is 0 Å². The number of carbonyl (C=O) groups is 1. The molecule has 20 heavy (non-hydrogen) atoms. The zero-order chi connectivity index (χ0) is 14.0. The van der Waals surface area contributed by atoms with Gasteiger partial charge >= 0.3 is 0 Å². The van der Waals surface area contributed by atoms with Gasteiger partial charge in [-0.1, -0.05) is 72.8 Å². The zero-order valence-corrected chi connectivity index (χ0v) is 11.4. The molecule has 2 aromatic carbocycles. The van der Waals surface area contributed by atoms with E-state index >= 15 is 0 Å². The van der Waals surface area contributed by atoms with Crippen molar-refractivity contribution >= 4 is 5.78 Å². The molecule has 2 aromatic rings. The van der Waals surface area contributed by atoms with Gasteiger partial charge in [0, 0.05) is 0 Å². The highest BCUT2D eigenvalue weighted by molar-refractivity contribution is 5.99. The summed E-state index contributed by atoms with van der Waals surface area (Å²) in [7, 11) is 0. The number of hydrogen-bond acceptors (Lipinski definition) is 1. The van der Waals surface area contributed by atoms with Crippen molar-refractivity contribution < 1.29 is 4.79 Å². The van der Waals surface area contributed by atoms with Crippen molar-refractivity contribution in [3.63, 3.8) is 0 Å². The van der Waals surface area contributed by atoms with Gasteiger partial charge in [0.25, 0.3) is 0 Å². The van der Waals surface area contributed by atoms with Gasteiger partial charge in [0.1, 0.15) is 0 Å². The minimum atomic E-state index is 0.0388. The van der Waals surface area contributed by atoms with E-state index in [-0.39, 0.29) is 5.78 Å². The van der Waals surface area contributed by atoms with E-state index in [1.54, 1.807) is 12.2 Å². The lowest BCUT2D eigenvalue weighted by Crippen LogP contribution is -1.88. The lowest BCUT2D eigenvalue weighted by Gasteiger charge is -1.94. The Balaban J connectivity index is 1.77. The summed E-state index contributed by atoms with van der Waals surface area (Å²) < 4.78 is 0.